The first-order valence-electron chi connectivity index (χ1n) is 10.8. The third-order valence-electron chi connectivity index (χ3n) is 7.39. The lowest BCUT2D eigenvalue weighted by Gasteiger charge is -2.48. The molecule has 0 bridgehead atoms. The molecule has 3 heterocycles. The number of para-hydroxylation sites is 1. The Morgan fingerprint density at radius 1 is 1.07 bits per heavy atom. The fourth-order valence-electron chi connectivity index (χ4n) is 5.87. The van der Waals surface area contributed by atoms with Crippen molar-refractivity contribution >= 4 is 22.5 Å². The standard InChI is InChI=1S/C24H24ClN3O2/c1-14-15-6-7-19-21(17(15)8-10-24(14)29-12-13-30-24)27-23(28-22(19)25)18-9-11-26-20-5-3-2-4-16(18)20/h2-5,9,11,14-15,17H,6-8,10,12-13H2,1H3. The van der Waals surface area contributed by atoms with Crippen molar-refractivity contribution in [3.63, 3.8) is 0 Å². The SMILES string of the molecule is CC1C2CCc3c(Cl)nc(-c4ccnc5ccccc45)nc3C2CCC12OCCO2. The Balaban J connectivity index is 1.45. The van der Waals surface area contributed by atoms with Gasteiger partial charge >= 0.3 is 0 Å². The van der Waals surface area contributed by atoms with Crippen LogP contribution < -0.4 is 0 Å². The molecule has 1 aromatic carbocycles. The number of hydrogen-bond donors (Lipinski definition) is 0. The number of hydrogen-bond acceptors (Lipinski definition) is 5. The second kappa shape index (κ2) is 6.98. The first kappa shape index (κ1) is 18.7. The zero-order valence-corrected chi connectivity index (χ0v) is 17.7. The van der Waals surface area contributed by atoms with Gasteiger partial charge in [-0.15, -0.1) is 0 Å². The molecule has 1 aliphatic heterocycles. The van der Waals surface area contributed by atoms with Crippen LogP contribution in [0.25, 0.3) is 22.3 Å². The zero-order chi connectivity index (χ0) is 20.3. The third kappa shape index (κ3) is 2.72. The first-order chi connectivity index (χ1) is 14.7. The summed E-state index contributed by atoms with van der Waals surface area (Å²) >= 11 is 6.72. The van der Waals surface area contributed by atoms with Crippen LogP contribution in [0, 0.1) is 11.8 Å². The summed E-state index contributed by atoms with van der Waals surface area (Å²) < 4.78 is 12.2. The maximum Gasteiger partial charge on any atom is 0.171 e. The van der Waals surface area contributed by atoms with E-state index in [0.717, 1.165) is 53.4 Å². The molecule has 1 spiro atoms. The van der Waals surface area contributed by atoms with Gasteiger partial charge in [-0.05, 0) is 37.3 Å². The van der Waals surface area contributed by atoms with E-state index in [9.17, 15) is 0 Å². The second-order valence-electron chi connectivity index (χ2n) is 8.72. The average molecular weight is 422 g/mol. The molecule has 0 N–H and O–H groups in total. The molecule has 0 radical (unpaired) electrons. The van der Waals surface area contributed by atoms with Gasteiger partial charge in [-0.25, -0.2) is 9.97 Å². The fraction of sp³-hybridized carbons (Fsp3) is 0.458. The van der Waals surface area contributed by atoms with Crippen molar-refractivity contribution in [3.8, 4) is 11.4 Å². The summed E-state index contributed by atoms with van der Waals surface area (Å²) in [6, 6.07) is 10.1. The van der Waals surface area contributed by atoms with Crippen LogP contribution in [0.15, 0.2) is 36.5 Å². The van der Waals surface area contributed by atoms with Crippen LogP contribution in [-0.4, -0.2) is 34.0 Å². The molecule has 30 heavy (non-hydrogen) atoms. The lowest BCUT2D eigenvalue weighted by Crippen LogP contribution is -2.48. The summed E-state index contributed by atoms with van der Waals surface area (Å²) in [6.07, 6.45) is 5.72. The van der Waals surface area contributed by atoms with E-state index in [0.29, 0.717) is 41.9 Å². The van der Waals surface area contributed by atoms with Crippen LogP contribution in [0.2, 0.25) is 5.15 Å². The summed E-state index contributed by atoms with van der Waals surface area (Å²) in [4.78, 5) is 14.3. The number of benzene rings is 1. The van der Waals surface area contributed by atoms with E-state index in [1.54, 1.807) is 0 Å². The quantitative estimate of drug-likeness (QED) is 0.507. The fourth-order valence-corrected chi connectivity index (χ4v) is 6.15. The topological polar surface area (TPSA) is 57.1 Å². The van der Waals surface area contributed by atoms with E-state index in [1.807, 2.05) is 30.5 Å². The van der Waals surface area contributed by atoms with Crippen LogP contribution >= 0.6 is 11.6 Å². The van der Waals surface area contributed by atoms with E-state index < -0.39 is 5.79 Å². The Bertz CT molecular complexity index is 1120. The average Bonchev–Trinajstić information content (AvgIpc) is 3.25. The molecular weight excluding hydrogens is 398 g/mol. The molecule has 3 atom stereocenters. The molecule has 6 heteroatoms. The van der Waals surface area contributed by atoms with E-state index in [-0.39, 0.29) is 0 Å². The number of aromatic nitrogens is 3. The van der Waals surface area contributed by atoms with Crippen LogP contribution in [0.3, 0.4) is 0 Å². The normalized spacial score (nSPS) is 27.2. The van der Waals surface area contributed by atoms with Crippen LogP contribution in [0.4, 0.5) is 0 Å². The lowest BCUT2D eigenvalue weighted by molar-refractivity contribution is -0.226. The van der Waals surface area contributed by atoms with E-state index in [4.69, 9.17) is 31.0 Å². The van der Waals surface area contributed by atoms with Gasteiger partial charge in [-0.3, -0.25) is 4.98 Å². The van der Waals surface area contributed by atoms with Gasteiger partial charge in [0.1, 0.15) is 5.15 Å². The Morgan fingerprint density at radius 2 is 1.90 bits per heavy atom. The Morgan fingerprint density at radius 3 is 2.77 bits per heavy atom. The molecule has 2 fully saturated rings. The second-order valence-corrected chi connectivity index (χ2v) is 9.08. The van der Waals surface area contributed by atoms with Gasteiger partial charge in [0, 0.05) is 41.0 Å². The highest BCUT2D eigenvalue weighted by atomic mass is 35.5. The van der Waals surface area contributed by atoms with Crippen molar-refractivity contribution < 1.29 is 9.47 Å². The first-order valence-corrected chi connectivity index (χ1v) is 11.2. The Hall–Kier alpha value is -2.08. The van der Waals surface area contributed by atoms with Crippen molar-refractivity contribution in [2.45, 2.75) is 44.3 Å². The Labute approximate surface area is 180 Å². The molecule has 0 amide bonds. The molecule has 3 unspecified atom stereocenters. The van der Waals surface area contributed by atoms with Crippen molar-refractivity contribution in [2.75, 3.05) is 13.2 Å². The van der Waals surface area contributed by atoms with Gasteiger partial charge in [0.25, 0.3) is 0 Å². The lowest BCUT2D eigenvalue weighted by atomic mass is 9.63. The van der Waals surface area contributed by atoms with Gasteiger partial charge in [0.05, 0.1) is 24.4 Å². The highest BCUT2D eigenvalue weighted by molar-refractivity contribution is 6.30. The van der Waals surface area contributed by atoms with Gasteiger partial charge in [0.15, 0.2) is 11.6 Å². The molecule has 3 aromatic rings. The van der Waals surface area contributed by atoms with Crippen LogP contribution in [-0.2, 0) is 15.9 Å². The number of halogens is 1. The smallest absolute Gasteiger partial charge is 0.171 e. The third-order valence-corrected chi connectivity index (χ3v) is 7.70. The summed E-state index contributed by atoms with van der Waals surface area (Å²) in [5, 5.41) is 1.64. The molecule has 2 aromatic heterocycles. The number of nitrogens with zero attached hydrogens (tertiary/aromatic N) is 3. The van der Waals surface area contributed by atoms with Gasteiger partial charge in [0.2, 0.25) is 0 Å². The van der Waals surface area contributed by atoms with Crippen molar-refractivity contribution in [2.24, 2.45) is 11.8 Å². The van der Waals surface area contributed by atoms with Crippen LogP contribution in [0.1, 0.15) is 43.4 Å². The highest BCUT2D eigenvalue weighted by Gasteiger charge is 2.52. The predicted octanol–water partition coefficient (Wildman–Crippen LogP) is 5.16. The molecule has 1 saturated heterocycles. The number of pyridine rings is 1. The summed E-state index contributed by atoms with van der Waals surface area (Å²) in [7, 11) is 0. The van der Waals surface area contributed by atoms with Gasteiger partial charge in [-0.2, -0.15) is 0 Å². The maximum atomic E-state index is 6.72. The van der Waals surface area contributed by atoms with E-state index >= 15 is 0 Å². The maximum absolute atomic E-state index is 6.72. The molecule has 154 valence electrons. The molecular formula is C24H24ClN3O2. The highest BCUT2D eigenvalue weighted by Crippen LogP contribution is 2.54. The molecule has 2 aliphatic carbocycles. The molecule has 5 nitrogen and oxygen atoms in total. The number of rotatable bonds is 1. The summed E-state index contributed by atoms with van der Waals surface area (Å²) in [6.45, 7) is 3.68. The zero-order valence-electron chi connectivity index (χ0n) is 17.0. The van der Waals surface area contributed by atoms with Crippen molar-refractivity contribution in [3.05, 3.63) is 52.9 Å². The van der Waals surface area contributed by atoms with E-state index in [2.05, 4.69) is 18.0 Å². The van der Waals surface area contributed by atoms with E-state index in [1.165, 1.54) is 0 Å². The predicted molar refractivity (Wildman–Crippen MR) is 115 cm³/mol. The van der Waals surface area contributed by atoms with Crippen molar-refractivity contribution in [1.82, 2.24) is 15.0 Å². The number of fused-ring (bicyclic) bond motifs is 4. The van der Waals surface area contributed by atoms with Gasteiger partial charge < -0.3 is 9.47 Å². The molecule has 3 aliphatic rings. The summed E-state index contributed by atoms with van der Waals surface area (Å²) in [5.74, 6) is 1.48. The monoisotopic (exact) mass is 421 g/mol. The van der Waals surface area contributed by atoms with Crippen LogP contribution in [0.5, 0.6) is 0 Å². The molecule has 6 rings (SSSR count). The number of ether oxygens (including phenoxy) is 2. The van der Waals surface area contributed by atoms with Crippen molar-refractivity contribution in [1.29, 1.82) is 0 Å². The minimum absolute atomic E-state index is 0.339. The molecule has 1 saturated carbocycles. The summed E-state index contributed by atoms with van der Waals surface area (Å²) in [5.41, 5.74) is 4.17. The minimum atomic E-state index is -0.403. The largest absolute Gasteiger partial charge is 0.347 e. The minimum Gasteiger partial charge on any atom is -0.347 e. The van der Waals surface area contributed by atoms with Gasteiger partial charge in [-0.1, -0.05) is 36.7 Å². The Kier molecular flexibility index (Phi) is 4.34.